The zero-order valence-electron chi connectivity index (χ0n) is 14.4. The second-order valence-electron chi connectivity index (χ2n) is 5.69. The molecule has 130 valence electrons. The molecule has 0 saturated carbocycles. The predicted molar refractivity (Wildman–Crippen MR) is 96.7 cm³/mol. The number of nitrogens with one attached hydrogen (secondary N) is 1. The van der Waals surface area contributed by atoms with Gasteiger partial charge in [-0.2, -0.15) is 11.3 Å². The zero-order valence-corrected chi connectivity index (χ0v) is 15.2. The molecule has 1 atom stereocenters. The van der Waals surface area contributed by atoms with E-state index in [2.05, 4.69) is 27.0 Å². The Bertz CT molecular complexity index is 655. The summed E-state index contributed by atoms with van der Waals surface area (Å²) >= 11 is 1.72. The van der Waals surface area contributed by atoms with Crippen molar-refractivity contribution in [1.29, 1.82) is 0 Å². The highest BCUT2D eigenvalue weighted by Crippen LogP contribution is 2.42. The van der Waals surface area contributed by atoms with Gasteiger partial charge in [0.15, 0.2) is 11.5 Å². The topological polar surface area (TPSA) is 43.0 Å². The number of benzene rings is 1. The van der Waals surface area contributed by atoms with Crippen LogP contribution in [0, 0.1) is 0 Å². The molecule has 1 aromatic carbocycles. The first-order valence-corrected chi connectivity index (χ1v) is 8.99. The second kappa shape index (κ2) is 7.88. The smallest absolute Gasteiger partial charge is 0.164 e. The summed E-state index contributed by atoms with van der Waals surface area (Å²) in [4.78, 5) is 2.49. The third-order valence-electron chi connectivity index (χ3n) is 4.41. The lowest BCUT2D eigenvalue weighted by Crippen LogP contribution is -2.45. The van der Waals surface area contributed by atoms with E-state index >= 15 is 0 Å². The maximum absolute atomic E-state index is 5.68. The van der Waals surface area contributed by atoms with E-state index in [0.29, 0.717) is 5.75 Å². The van der Waals surface area contributed by atoms with Crippen LogP contribution in [0.5, 0.6) is 17.2 Å². The van der Waals surface area contributed by atoms with E-state index in [-0.39, 0.29) is 6.04 Å². The summed E-state index contributed by atoms with van der Waals surface area (Å²) in [7, 11) is 5.01. The molecule has 24 heavy (non-hydrogen) atoms. The normalized spacial score (nSPS) is 16.6. The van der Waals surface area contributed by atoms with E-state index in [4.69, 9.17) is 14.2 Å². The SMILES string of the molecule is COc1cc(OC)c(C(c2ccsc2)N2CCNCC2)cc1OC. The van der Waals surface area contributed by atoms with Gasteiger partial charge in [-0.25, -0.2) is 0 Å². The molecule has 0 radical (unpaired) electrons. The van der Waals surface area contributed by atoms with Crippen LogP contribution in [0.2, 0.25) is 0 Å². The van der Waals surface area contributed by atoms with Crippen LogP contribution < -0.4 is 19.5 Å². The van der Waals surface area contributed by atoms with Crippen molar-refractivity contribution < 1.29 is 14.2 Å². The largest absolute Gasteiger partial charge is 0.496 e. The van der Waals surface area contributed by atoms with Gasteiger partial charge < -0.3 is 19.5 Å². The number of hydrogen-bond acceptors (Lipinski definition) is 6. The van der Waals surface area contributed by atoms with Gasteiger partial charge >= 0.3 is 0 Å². The molecular weight excluding hydrogens is 324 g/mol. The number of hydrogen-bond donors (Lipinski definition) is 1. The first kappa shape index (κ1) is 17.1. The minimum absolute atomic E-state index is 0.146. The third kappa shape index (κ3) is 3.36. The van der Waals surface area contributed by atoms with E-state index in [1.807, 2.05) is 12.1 Å². The fraction of sp³-hybridized carbons (Fsp3) is 0.444. The second-order valence-corrected chi connectivity index (χ2v) is 6.47. The van der Waals surface area contributed by atoms with Crippen molar-refractivity contribution in [3.63, 3.8) is 0 Å². The molecular formula is C18H24N2O3S. The summed E-state index contributed by atoms with van der Waals surface area (Å²) in [6.07, 6.45) is 0. The van der Waals surface area contributed by atoms with Gasteiger partial charge in [-0.1, -0.05) is 0 Å². The van der Waals surface area contributed by atoms with E-state index < -0.39 is 0 Å². The molecule has 1 aromatic heterocycles. The molecule has 5 nitrogen and oxygen atoms in total. The minimum Gasteiger partial charge on any atom is -0.496 e. The lowest BCUT2D eigenvalue weighted by molar-refractivity contribution is 0.195. The van der Waals surface area contributed by atoms with Crippen molar-refractivity contribution in [2.75, 3.05) is 47.5 Å². The Hall–Kier alpha value is -1.76. The molecule has 1 fully saturated rings. The first-order valence-electron chi connectivity index (χ1n) is 8.05. The maximum Gasteiger partial charge on any atom is 0.164 e. The lowest BCUT2D eigenvalue weighted by Gasteiger charge is -2.35. The third-order valence-corrected chi connectivity index (χ3v) is 5.11. The monoisotopic (exact) mass is 348 g/mol. The molecule has 1 saturated heterocycles. The van der Waals surface area contributed by atoms with Crippen LogP contribution in [0.15, 0.2) is 29.0 Å². The fourth-order valence-electron chi connectivity index (χ4n) is 3.22. The van der Waals surface area contributed by atoms with E-state index in [0.717, 1.165) is 43.2 Å². The van der Waals surface area contributed by atoms with Gasteiger partial charge in [0, 0.05) is 37.8 Å². The van der Waals surface area contributed by atoms with E-state index in [1.54, 1.807) is 32.7 Å². The molecule has 1 aliphatic rings. The minimum atomic E-state index is 0.146. The van der Waals surface area contributed by atoms with Crippen molar-refractivity contribution in [3.05, 3.63) is 40.1 Å². The summed E-state index contributed by atoms with van der Waals surface area (Å²) < 4.78 is 16.6. The summed E-state index contributed by atoms with van der Waals surface area (Å²) in [6.45, 7) is 3.99. The molecule has 0 bridgehead atoms. The molecule has 0 spiro atoms. The van der Waals surface area contributed by atoms with E-state index in [9.17, 15) is 0 Å². The highest BCUT2D eigenvalue weighted by molar-refractivity contribution is 7.08. The van der Waals surface area contributed by atoms with Crippen molar-refractivity contribution in [1.82, 2.24) is 10.2 Å². The average Bonchev–Trinajstić information content (AvgIpc) is 3.16. The number of ether oxygens (including phenoxy) is 3. The summed E-state index contributed by atoms with van der Waals surface area (Å²) in [5, 5.41) is 7.75. The van der Waals surface area contributed by atoms with Crippen LogP contribution in [0.4, 0.5) is 0 Å². The molecule has 0 amide bonds. The highest BCUT2D eigenvalue weighted by atomic mass is 32.1. The number of rotatable bonds is 6. The quantitative estimate of drug-likeness (QED) is 0.869. The number of methoxy groups -OCH3 is 3. The molecule has 1 aliphatic heterocycles. The van der Waals surface area contributed by atoms with Gasteiger partial charge in [0.1, 0.15) is 5.75 Å². The van der Waals surface area contributed by atoms with Gasteiger partial charge in [-0.05, 0) is 28.5 Å². The van der Waals surface area contributed by atoms with Gasteiger partial charge in [-0.15, -0.1) is 0 Å². The Morgan fingerprint density at radius 2 is 1.67 bits per heavy atom. The fourth-order valence-corrected chi connectivity index (χ4v) is 3.90. The Morgan fingerprint density at radius 1 is 1.00 bits per heavy atom. The summed E-state index contributed by atoms with van der Waals surface area (Å²) in [5.41, 5.74) is 2.39. The summed E-state index contributed by atoms with van der Waals surface area (Å²) in [5.74, 6) is 2.23. The zero-order chi connectivity index (χ0) is 16.9. The van der Waals surface area contributed by atoms with Crippen LogP contribution in [-0.2, 0) is 0 Å². The molecule has 2 heterocycles. The standard InChI is InChI=1S/C18H24N2O3S/c1-21-15-11-17(23-3)16(22-2)10-14(15)18(13-4-9-24-12-13)20-7-5-19-6-8-20/h4,9-12,18-19H,5-8H2,1-3H3. The highest BCUT2D eigenvalue weighted by Gasteiger charge is 2.28. The number of thiophene rings is 1. The van der Waals surface area contributed by atoms with Gasteiger partial charge in [0.25, 0.3) is 0 Å². The first-order chi connectivity index (χ1) is 11.8. The van der Waals surface area contributed by atoms with Crippen molar-refractivity contribution in [3.8, 4) is 17.2 Å². The molecule has 6 heteroatoms. The molecule has 1 unspecified atom stereocenters. The summed E-state index contributed by atoms with van der Waals surface area (Å²) in [6, 6.07) is 6.29. The lowest BCUT2D eigenvalue weighted by atomic mass is 9.97. The van der Waals surface area contributed by atoms with Gasteiger partial charge in [0.05, 0.1) is 27.4 Å². The van der Waals surface area contributed by atoms with Crippen molar-refractivity contribution in [2.45, 2.75) is 6.04 Å². The maximum atomic E-state index is 5.68. The Kier molecular flexibility index (Phi) is 5.60. The van der Waals surface area contributed by atoms with Crippen LogP contribution in [0.1, 0.15) is 17.2 Å². The van der Waals surface area contributed by atoms with Crippen LogP contribution >= 0.6 is 11.3 Å². The van der Waals surface area contributed by atoms with Crippen LogP contribution in [-0.4, -0.2) is 52.4 Å². The Labute approximate surface area is 147 Å². The van der Waals surface area contributed by atoms with Gasteiger partial charge in [0.2, 0.25) is 0 Å². The molecule has 0 aliphatic carbocycles. The van der Waals surface area contributed by atoms with Crippen LogP contribution in [0.3, 0.4) is 0 Å². The Morgan fingerprint density at radius 3 is 2.25 bits per heavy atom. The molecule has 3 rings (SSSR count). The Balaban J connectivity index is 2.09. The number of piperazine rings is 1. The van der Waals surface area contributed by atoms with Crippen LogP contribution in [0.25, 0.3) is 0 Å². The van der Waals surface area contributed by atoms with Gasteiger partial charge in [-0.3, -0.25) is 4.90 Å². The molecule has 2 aromatic rings. The average molecular weight is 348 g/mol. The van der Waals surface area contributed by atoms with Crippen molar-refractivity contribution >= 4 is 11.3 Å². The van der Waals surface area contributed by atoms with E-state index in [1.165, 1.54) is 5.56 Å². The molecule has 1 N–H and O–H groups in total. The number of nitrogens with zero attached hydrogens (tertiary/aromatic N) is 1. The van der Waals surface area contributed by atoms with Crippen molar-refractivity contribution in [2.24, 2.45) is 0 Å². The predicted octanol–water partition coefficient (Wildman–Crippen LogP) is 2.77.